The molecule has 1 aliphatic rings. The van der Waals surface area contributed by atoms with Crippen LogP contribution >= 0.6 is 0 Å². The second-order valence-electron chi connectivity index (χ2n) is 7.53. The van der Waals surface area contributed by atoms with Crippen molar-refractivity contribution in [3.8, 4) is 5.75 Å². The summed E-state index contributed by atoms with van der Waals surface area (Å²) in [6.07, 6.45) is 2.85. The Morgan fingerprint density at radius 3 is 2.50 bits per heavy atom. The highest BCUT2D eigenvalue weighted by Crippen LogP contribution is 2.28. The van der Waals surface area contributed by atoms with Crippen molar-refractivity contribution in [2.45, 2.75) is 64.6 Å². The molecule has 0 heterocycles. The van der Waals surface area contributed by atoms with Gasteiger partial charge >= 0.3 is 6.09 Å². The van der Waals surface area contributed by atoms with E-state index in [1.165, 1.54) is 0 Å². The van der Waals surface area contributed by atoms with E-state index in [0.717, 1.165) is 37.9 Å². The smallest absolute Gasteiger partial charge is 0.410 e. The van der Waals surface area contributed by atoms with Crippen molar-refractivity contribution in [2.24, 2.45) is 0 Å². The molecule has 1 unspecified atom stereocenters. The highest BCUT2D eigenvalue weighted by molar-refractivity contribution is 5.69. The summed E-state index contributed by atoms with van der Waals surface area (Å²) in [4.78, 5) is 14.2. The van der Waals surface area contributed by atoms with E-state index < -0.39 is 5.60 Å². The second kappa shape index (κ2) is 7.88. The Labute approximate surface area is 145 Å². The summed E-state index contributed by atoms with van der Waals surface area (Å²) in [5.41, 5.74) is 0.689. The molecular weight excluding hydrogens is 304 g/mol. The second-order valence-corrected chi connectivity index (χ2v) is 7.53. The van der Waals surface area contributed by atoms with Crippen molar-refractivity contribution in [1.82, 2.24) is 10.2 Å². The Kier molecular flexibility index (Phi) is 6.10. The molecule has 0 spiro atoms. The van der Waals surface area contributed by atoms with Crippen LogP contribution in [-0.2, 0) is 4.74 Å². The van der Waals surface area contributed by atoms with E-state index in [-0.39, 0.29) is 17.9 Å². The lowest BCUT2D eigenvalue weighted by Gasteiger charge is -2.27. The van der Waals surface area contributed by atoms with Gasteiger partial charge in [0.05, 0.1) is 0 Å². The number of rotatable bonds is 7. The molecule has 0 radical (unpaired) electrons. The molecule has 24 heavy (non-hydrogen) atoms. The Morgan fingerprint density at radius 2 is 1.96 bits per heavy atom. The average Bonchev–Trinajstić information content (AvgIpc) is 3.30. The van der Waals surface area contributed by atoms with E-state index in [9.17, 15) is 9.90 Å². The zero-order chi connectivity index (χ0) is 17.7. The third-order valence-corrected chi connectivity index (χ3v) is 4.04. The van der Waals surface area contributed by atoms with Crippen LogP contribution in [0.3, 0.4) is 0 Å². The van der Waals surface area contributed by atoms with Crippen molar-refractivity contribution in [1.29, 1.82) is 0 Å². The molecule has 5 heteroatoms. The Bertz CT molecular complexity index is 533. The van der Waals surface area contributed by atoms with Crippen LogP contribution in [-0.4, -0.2) is 40.8 Å². The zero-order valence-corrected chi connectivity index (χ0v) is 15.2. The molecule has 1 saturated carbocycles. The molecule has 2 rings (SSSR count). The predicted molar refractivity (Wildman–Crippen MR) is 95.1 cm³/mol. The van der Waals surface area contributed by atoms with E-state index >= 15 is 0 Å². The van der Waals surface area contributed by atoms with Gasteiger partial charge in [0.15, 0.2) is 0 Å². The first-order valence-corrected chi connectivity index (χ1v) is 8.78. The van der Waals surface area contributed by atoms with Crippen molar-refractivity contribution in [3.05, 3.63) is 29.8 Å². The number of nitrogens with zero attached hydrogens (tertiary/aromatic N) is 1. The lowest BCUT2D eigenvalue weighted by molar-refractivity contribution is 0.0232. The Hall–Kier alpha value is -1.75. The molecule has 0 bridgehead atoms. The maximum atomic E-state index is 12.3. The fourth-order valence-electron chi connectivity index (χ4n) is 2.58. The number of phenols is 1. The van der Waals surface area contributed by atoms with Crippen LogP contribution in [0.5, 0.6) is 5.75 Å². The van der Waals surface area contributed by atoms with E-state index in [2.05, 4.69) is 12.2 Å². The third-order valence-electron chi connectivity index (χ3n) is 4.04. The van der Waals surface area contributed by atoms with Gasteiger partial charge in [0, 0.05) is 18.6 Å². The quantitative estimate of drug-likeness (QED) is 0.744. The Morgan fingerprint density at radius 1 is 1.33 bits per heavy atom. The standard InChI is InChI=1S/C19H30N2O3/c1-14(15-6-10-17(22)11-7-15)20-12-5-13-21(16-8-9-16)18(23)24-19(2,3)4/h6-7,10-11,14,16,20,22H,5,8-9,12-13H2,1-4H3. The molecule has 1 amide bonds. The number of hydrogen-bond acceptors (Lipinski definition) is 4. The number of aromatic hydroxyl groups is 1. The molecule has 0 saturated heterocycles. The van der Waals surface area contributed by atoms with E-state index in [1.54, 1.807) is 12.1 Å². The fraction of sp³-hybridized carbons (Fsp3) is 0.632. The number of nitrogens with one attached hydrogen (secondary N) is 1. The van der Waals surface area contributed by atoms with Gasteiger partial charge in [-0.1, -0.05) is 12.1 Å². The summed E-state index contributed by atoms with van der Waals surface area (Å²) in [7, 11) is 0. The molecule has 5 nitrogen and oxygen atoms in total. The van der Waals surface area contributed by atoms with Gasteiger partial charge in [0.25, 0.3) is 0 Å². The minimum absolute atomic E-state index is 0.198. The lowest BCUT2D eigenvalue weighted by atomic mass is 10.1. The van der Waals surface area contributed by atoms with Gasteiger partial charge in [-0.25, -0.2) is 4.79 Å². The zero-order valence-electron chi connectivity index (χ0n) is 15.2. The van der Waals surface area contributed by atoms with Gasteiger partial charge in [-0.15, -0.1) is 0 Å². The summed E-state index contributed by atoms with van der Waals surface area (Å²) < 4.78 is 5.50. The van der Waals surface area contributed by atoms with Gasteiger partial charge in [0.2, 0.25) is 0 Å². The molecule has 134 valence electrons. The fourth-order valence-corrected chi connectivity index (χ4v) is 2.58. The van der Waals surface area contributed by atoms with Crippen LogP contribution in [0.2, 0.25) is 0 Å². The lowest BCUT2D eigenvalue weighted by Crippen LogP contribution is -2.39. The van der Waals surface area contributed by atoms with E-state index in [1.807, 2.05) is 37.8 Å². The van der Waals surface area contributed by atoms with Crippen molar-refractivity contribution in [2.75, 3.05) is 13.1 Å². The van der Waals surface area contributed by atoms with Crippen LogP contribution in [0.1, 0.15) is 58.6 Å². The topological polar surface area (TPSA) is 61.8 Å². The number of phenolic OH excluding ortho intramolecular Hbond substituents is 1. The number of carbonyl (C=O) groups excluding carboxylic acids is 1. The van der Waals surface area contributed by atoms with Crippen molar-refractivity contribution < 1.29 is 14.6 Å². The monoisotopic (exact) mass is 334 g/mol. The average molecular weight is 334 g/mol. The largest absolute Gasteiger partial charge is 0.508 e. The van der Waals surface area contributed by atoms with Crippen molar-refractivity contribution >= 4 is 6.09 Å². The van der Waals surface area contributed by atoms with Crippen LogP contribution in [0.4, 0.5) is 4.79 Å². The molecule has 2 N–H and O–H groups in total. The van der Waals surface area contributed by atoms with E-state index in [4.69, 9.17) is 4.74 Å². The molecule has 1 atom stereocenters. The normalized spacial score (nSPS) is 15.8. The van der Waals surface area contributed by atoms with Gasteiger partial charge in [-0.2, -0.15) is 0 Å². The summed E-state index contributed by atoms with van der Waals surface area (Å²) in [6, 6.07) is 7.81. The number of benzene rings is 1. The summed E-state index contributed by atoms with van der Waals surface area (Å²) in [5.74, 6) is 0.281. The first-order chi connectivity index (χ1) is 11.3. The molecular formula is C19H30N2O3. The summed E-state index contributed by atoms with van der Waals surface area (Å²) in [6.45, 7) is 9.34. The van der Waals surface area contributed by atoms with Crippen LogP contribution in [0.25, 0.3) is 0 Å². The Balaban J connectivity index is 1.75. The molecule has 0 aromatic heterocycles. The number of ether oxygens (including phenoxy) is 1. The SMILES string of the molecule is CC(NCCCN(C(=O)OC(C)(C)C)C1CC1)c1ccc(O)cc1. The minimum atomic E-state index is -0.449. The maximum Gasteiger partial charge on any atom is 0.410 e. The molecule has 0 aliphatic heterocycles. The van der Waals surface area contributed by atoms with Crippen LogP contribution < -0.4 is 5.32 Å². The number of amides is 1. The third kappa shape index (κ3) is 6.04. The minimum Gasteiger partial charge on any atom is -0.508 e. The maximum absolute atomic E-state index is 12.3. The van der Waals surface area contributed by atoms with Crippen LogP contribution in [0, 0.1) is 0 Å². The van der Waals surface area contributed by atoms with Gasteiger partial charge in [-0.05, 0) is 71.2 Å². The van der Waals surface area contributed by atoms with Crippen molar-refractivity contribution in [3.63, 3.8) is 0 Å². The first-order valence-electron chi connectivity index (χ1n) is 8.78. The predicted octanol–water partition coefficient (Wildman–Crippen LogP) is 3.83. The van der Waals surface area contributed by atoms with Crippen LogP contribution in [0.15, 0.2) is 24.3 Å². The number of hydrogen-bond donors (Lipinski definition) is 2. The molecule has 1 aromatic carbocycles. The summed E-state index contributed by atoms with van der Waals surface area (Å²) in [5, 5.41) is 12.8. The van der Waals surface area contributed by atoms with Gasteiger partial charge in [0.1, 0.15) is 11.4 Å². The van der Waals surface area contributed by atoms with E-state index in [0.29, 0.717) is 6.04 Å². The molecule has 1 fully saturated rings. The van der Waals surface area contributed by atoms with Gasteiger partial charge in [-0.3, -0.25) is 0 Å². The molecule has 1 aliphatic carbocycles. The molecule has 1 aromatic rings. The highest BCUT2D eigenvalue weighted by Gasteiger charge is 2.34. The summed E-state index contributed by atoms with van der Waals surface area (Å²) >= 11 is 0. The highest BCUT2D eigenvalue weighted by atomic mass is 16.6. The first kappa shape index (κ1) is 18.6. The van der Waals surface area contributed by atoms with Gasteiger partial charge < -0.3 is 20.1 Å². The number of carbonyl (C=O) groups is 1.